The normalized spacial score (nSPS) is 10.1. The lowest BCUT2D eigenvalue weighted by Crippen LogP contribution is -2.12. The number of benzene rings is 1. The number of nitrogens with zero attached hydrogens (tertiary/aromatic N) is 2. The summed E-state index contributed by atoms with van der Waals surface area (Å²) in [5, 5.41) is 4.00. The molecule has 0 saturated carbocycles. The molecular formula is C11H8Cl2N4S. The van der Waals surface area contributed by atoms with E-state index in [1.165, 1.54) is 0 Å². The minimum Gasteiger partial charge on any atom is -0.388 e. The molecule has 0 radical (unpaired) electrons. The summed E-state index contributed by atoms with van der Waals surface area (Å²) in [5.74, 6) is 0.365. The Morgan fingerprint density at radius 2 is 2.06 bits per heavy atom. The molecule has 18 heavy (non-hydrogen) atoms. The Balaban J connectivity index is 2.28. The summed E-state index contributed by atoms with van der Waals surface area (Å²) in [6.07, 6.45) is 1.56. The van der Waals surface area contributed by atoms with Gasteiger partial charge in [-0.1, -0.05) is 35.4 Å². The molecule has 92 valence electrons. The van der Waals surface area contributed by atoms with Crippen LogP contribution in [0.15, 0.2) is 30.5 Å². The minimum absolute atomic E-state index is 0.211. The third kappa shape index (κ3) is 3.07. The molecule has 0 aliphatic rings. The van der Waals surface area contributed by atoms with Crippen molar-refractivity contribution in [2.45, 2.75) is 0 Å². The first-order chi connectivity index (χ1) is 8.56. The van der Waals surface area contributed by atoms with Crippen LogP contribution in [0.2, 0.25) is 10.0 Å². The van der Waals surface area contributed by atoms with Crippen LogP contribution in [-0.4, -0.2) is 15.0 Å². The zero-order valence-electron chi connectivity index (χ0n) is 9.02. The Labute approximate surface area is 119 Å². The van der Waals surface area contributed by atoms with Gasteiger partial charge in [-0.05, 0) is 24.3 Å². The van der Waals surface area contributed by atoms with Crippen molar-refractivity contribution in [3.05, 3.63) is 46.2 Å². The van der Waals surface area contributed by atoms with E-state index in [-0.39, 0.29) is 4.99 Å². The quantitative estimate of drug-likeness (QED) is 0.852. The molecule has 0 unspecified atom stereocenters. The molecule has 0 aliphatic carbocycles. The summed E-state index contributed by atoms with van der Waals surface area (Å²) in [6, 6.07) is 6.72. The lowest BCUT2D eigenvalue weighted by Gasteiger charge is -2.07. The van der Waals surface area contributed by atoms with E-state index in [0.717, 1.165) is 0 Å². The topological polar surface area (TPSA) is 63.8 Å². The summed E-state index contributed by atoms with van der Waals surface area (Å²) in [4.78, 5) is 8.41. The lowest BCUT2D eigenvalue weighted by molar-refractivity contribution is 1.15. The van der Waals surface area contributed by atoms with Gasteiger partial charge in [0.15, 0.2) is 0 Å². The van der Waals surface area contributed by atoms with E-state index in [0.29, 0.717) is 27.4 Å². The van der Waals surface area contributed by atoms with Crippen molar-refractivity contribution in [2.75, 3.05) is 5.32 Å². The first-order valence-corrected chi connectivity index (χ1v) is 6.07. The third-order valence-electron chi connectivity index (χ3n) is 2.09. The molecule has 0 saturated heterocycles. The van der Waals surface area contributed by atoms with Gasteiger partial charge in [-0.3, -0.25) is 0 Å². The molecule has 1 heterocycles. The standard InChI is InChI=1S/C11H8Cl2N4S/c12-6-1-2-8(7(13)5-6)16-11-15-4-3-9(17-11)10(14)18/h1-5H,(H2,14,18)(H,15,16,17). The van der Waals surface area contributed by atoms with E-state index in [1.807, 2.05) is 0 Å². The van der Waals surface area contributed by atoms with Crippen LogP contribution < -0.4 is 11.1 Å². The lowest BCUT2D eigenvalue weighted by atomic mass is 10.3. The number of nitrogens with one attached hydrogen (secondary N) is 1. The van der Waals surface area contributed by atoms with E-state index in [2.05, 4.69) is 15.3 Å². The Hall–Kier alpha value is -1.43. The predicted molar refractivity (Wildman–Crippen MR) is 77.7 cm³/mol. The number of halogens is 2. The molecule has 0 amide bonds. The Kier molecular flexibility index (Phi) is 3.96. The second-order valence-corrected chi connectivity index (χ2v) is 4.66. The molecule has 3 N–H and O–H groups in total. The van der Waals surface area contributed by atoms with Crippen molar-refractivity contribution in [3.8, 4) is 0 Å². The maximum atomic E-state index is 6.03. The fourth-order valence-electron chi connectivity index (χ4n) is 1.27. The van der Waals surface area contributed by atoms with Crippen LogP contribution in [0.3, 0.4) is 0 Å². The van der Waals surface area contributed by atoms with Crippen LogP contribution in [0.1, 0.15) is 5.69 Å². The van der Waals surface area contributed by atoms with Crippen molar-refractivity contribution in [1.29, 1.82) is 0 Å². The van der Waals surface area contributed by atoms with E-state index < -0.39 is 0 Å². The van der Waals surface area contributed by atoms with E-state index in [1.54, 1.807) is 30.5 Å². The van der Waals surface area contributed by atoms with Gasteiger partial charge in [0.05, 0.1) is 10.7 Å². The average molecular weight is 299 g/mol. The highest BCUT2D eigenvalue weighted by Gasteiger charge is 2.05. The maximum Gasteiger partial charge on any atom is 0.227 e. The van der Waals surface area contributed by atoms with E-state index >= 15 is 0 Å². The van der Waals surface area contributed by atoms with Crippen LogP contribution in [0.25, 0.3) is 0 Å². The summed E-state index contributed by atoms with van der Waals surface area (Å²) < 4.78 is 0. The number of hydrogen-bond donors (Lipinski definition) is 2. The number of rotatable bonds is 3. The van der Waals surface area contributed by atoms with Gasteiger partial charge in [-0.2, -0.15) is 0 Å². The van der Waals surface area contributed by atoms with Gasteiger partial charge in [-0.15, -0.1) is 0 Å². The summed E-state index contributed by atoms with van der Waals surface area (Å²) in [7, 11) is 0. The van der Waals surface area contributed by atoms with Crippen molar-refractivity contribution in [3.63, 3.8) is 0 Å². The molecule has 1 aromatic heterocycles. The van der Waals surface area contributed by atoms with Crippen molar-refractivity contribution >= 4 is 52.0 Å². The number of hydrogen-bond acceptors (Lipinski definition) is 4. The van der Waals surface area contributed by atoms with Crippen LogP contribution in [0, 0.1) is 0 Å². The minimum atomic E-state index is 0.211. The summed E-state index contributed by atoms with van der Waals surface area (Å²) in [5.41, 5.74) is 6.64. The Morgan fingerprint density at radius 3 is 2.72 bits per heavy atom. The van der Waals surface area contributed by atoms with Gasteiger partial charge in [0.25, 0.3) is 0 Å². The highest BCUT2D eigenvalue weighted by Crippen LogP contribution is 2.27. The van der Waals surface area contributed by atoms with Crippen LogP contribution in [0.5, 0.6) is 0 Å². The largest absolute Gasteiger partial charge is 0.388 e. The van der Waals surface area contributed by atoms with Gasteiger partial charge in [0.1, 0.15) is 10.7 Å². The zero-order valence-corrected chi connectivity index (χ0v) is 11.4. The van der Waals surface area contributed by atoms with Crippen molar-refractivity contribution < 1.29 is 0 Å². The van der Waals surface area contributed by atoms with Crippen molar-refractivity contribution in [2.24, 2.45) is 5.73 Å². The van der Waals surface area contributed by atoms with Gasteiger partial charge >= 0.3 is 0 Å². The van der Waals surface area contributed by atoms with Gasteiger partial charge in [-0.25, -0.2) is 9.97 Å². The van der Waals surface area contributed by atoms with Gasteiger partial charge < -0.3 is 11.1 Å². The van der Waals surface area contributed by atoms with E-state index in [4.69, 9.17) is 41.2 Å². The SMILES string of the molecule is NC(=S)c1ccnc(Nc2ccc(Cl)cc2Cl)n1. The third-order valence-corrected chi connectivity index (χ3v) is 2.84. The molecular weight excluding hydrogens is 291 g/mol. The van der Waals surface area contributed by atoms with Crippen molar-refractivity contribution in [1.82, 2.24) is 9.97 Å². The monoisotopic (exact) mass is 298 g/mol. The summed E-state index contributed by atoms with van der Waals surface area (Å²) in [6.45, 7) is 0. The molecule has 0 spiro atoms. The number of nitrogens with two attached hydrogens (primary N) is 1. The molecule has 0 bridgehead atoms. The predicted octanol–water partition coefficient (Wildman–Crippen LogP) is 3.16. The molecule has 0 atom stereocenters. The van der Waals surface area contributed by atoms with Gasteiger partial charge in [0, 0.05) is 11.2 Å². The molecule has 1 aromatic carbocycles. The second-order valence-electron chi connectivity index (χ2n) is 3.38. The molecule has 2 aromatic rings. The summed E-state index contributed by atoms with van der Waals surface area (Å²) >= 11 is 16.7. The molecule has 0 aliphatic heterocycles. The Morgan fingerprint density at radius 1 is 1.28 bits per heavy atom. The number of aromatic nitrogens is 2. The fraction of sp³-hybridized carbons (Fsp3) is 0. The molecule has 4 nitrogen and oxygen atoms in total. The highest BCUT2D eigenvalue weighted by atomic mass is 35.5. The smallest absolute Gasteiger partial charge is 0.227 e. The molecule has 7 heteroatoms. The number of thiocarbonyl (C=S) groups is 1. The average Bonchev–Trinajstić information content (AvgIpc) is 2.33. The van der Waals surface area contributed by atoms with E-state index in [9.17, 15) is 0 Å². The maximum absolute atomic E-state index is 6.03. The van der Waals surface area contributed by atoms with Gasteiger partial charge in [0.2, 0.25) is 5.95 Å². The zero-order chi connectivity index (χ0) is 13.1. The first kappa shape index (κ1) is 13.0. The number of anilines is 2. The van der Waals surface area contributed by atoms with Crippen LogP contribution >= 0.6 is 35.4 Å². The fourth-order valence-corrected chi connectivity index (χ4v) is 1.84. The Bertz CT molecular complexity index is 603. The molecule has 0 fully saturated rings. The highest BCUT2D eigenvalue weighted by molar-refractivity contribution is 7.80. The first-order valence-electron chi connectivity index (χ1n) is 4.91. The molecule has 2 rings (SSSR count). The van der Waals surface area contributed by atoms with Crippen LogP contribution in [0.4, 0.5) is 11.6 Å². The second kappa shape index (κ2) is 5.48. The van der Waals surface area contributed by atoms with Crippen LogP contribution in [-0.2, 0) is 0 Å².